The normalized spacial score (nSPS) is 11.7. The molecule has 0 fully saturated rings. The third kappa shape index (κ3) is 3.01. The first kappa shape index (κ1) is 13.1. The van der Waals surface area contributed by atoms with Gasteiger partial charge < -0.3 is 9.84 Å². The largest absolute Gasteiger partial charge is 0.466 e. The molecule has 0 aliphatic carbocycles. The molecule has 4 nitrogen and oxygen atoms in total. The van der Waals surface area contributed by atoms with E-state index in [0.29, 0.717) is 11.1 Å². The monoisotopic (exact) mass is 234 g/mol. The molecule has 1 rings (SSSR count). The van der Waals surface area contributed by atoms with Crippen molar-refractivity contribution >= 4 is 11.8 Å². The predicted molar refractivity (Wildman–Crippen MR) is 62.6 cm³/mol. The van der Waals surface area contributed by atoms with Crippen LogP contribution in [0, 0.1) is 0 Å². The van der Waals surface area contributed by atoms with E-state index in [0.717, 1.165) is 0 Å². The number of hydrogen-bond donors (Lipinski definition) is 1. The summed E-state index contributed by atoms with van der Waals surface area (Å²) in [6.45, 7) is 4.92. The average Bonchev–Trinajstić information content (AvgIpc) is 2.36. The molecule has 4 heteroatoms. The van der Waals surface area contributed by atoms with Gasteiger partial charge in [-0.2, -0.15) is 0 Å². The second-order valence-electron chi connectivity index (χ2n) is 3.60. The summed E-state index contributed by atoms with van der Waals surface area (Å²) in [7, 11) is 1.22. The Kier molecular flexibility index (Phi) is 4.17. The van der Waals surface area contributed by atoms with Crippen LogP contribution in [-0.2, 0) is 9.53 Å². The maximum atomic E-state index is 11.2. The highest BCUT2D eigenvalue weighted by atomic mass is 16.5. The SMILES string of the molecule is C=C(C(=O)OC)C(O)c1ccc(C(C)=O)cc1. The van der Waals surface area contributed by atoms with Gasteiger partial charge >= 0.3 is 5.97 Å². The van der Waals surface area contributed by atoms with Crippen molar-refractivity contribution < 1.29 is 19.4 Å². The molecule has 90 valence electrons. The molecule has 0 aliphatic rings. The highest BCUT2D eigenvalue weighted by Gasteiger charge is 2.18. The fourth-order valence-corrected chi connectivity index (χ4v) is 1.34. The predicted octanol–water partition coefficient (Wildman–Crippen LogP) is 1.65. The second-order valence-corrected chi connectivity index (χ2v) is 3.60. The summed E-state index contributed by atoms with van der Waals surface area (Å²) in [5.41, 5.74) is 0.998. The molecule has 1 aromatic rings. The average molecular weight is 234 g/mol. The summed E-state index contributed by atoms with van der Waals surface area (Å²) in [5.74, 6) is -0.717. The van der Waals surface area contributed by atoms with E-state index < -0.39 is 12.1 Å². The van der Waals surface area contributed by atoms with E-state index in [1.165, 1.54) is 14.0 Å². The lowest BCUT2D eigenvalue weighted by atomic mass is 10.0. The van der Waals surface area contributed by atoms with Crippen molar-refractivity contribution in [2.45, 2.75) is 13.0 Å². The first-order chi connectivity index (χ1) is 7.97. The summed E-state index contributed by atoms with van der Waals surface area (Å²) in [6, 6.07) is 6.34. The Morgan fingerprint density at radius 2 is 1.82 bits per heavy atom. The van der Waals surface area contributed by atoms with Crippen LogP contribution in [0.5, 0.6) is 0 Å². The fourth-order valence-electron chi connectivity index (χ4n) is 1.34. The number of esters is 1. The van der Waals surface area contributed by atoms with Crippen LogP contribution < -0.4 is 0 Å². The van der Waals surface area contributed by atoms with Crippen molar-refractivity contribution in [3.63, 3.8) is 0 Å². The molecule has 1 aromatic carbocycles. The van der Waals surface area contributed by atoms with E-state index >= 15 is 0 Å². The molecule has 0 amide bonds. The summed E-state index contributed by atoms with van der Waals surface area (Å²) >= 11 is 0. The Morgan fingerprint density at radius 3 is 2.24 bits per heavy atom. The summed E-state index contributed by atoms with van der Waals surface area (Å²) in [6.07, 6.45) is -1.12. The molecule has 0 heterocycles. The fraction of sp³-hybridized carbons (Fsp3) is 0.231. The van der Waals surface area contributed by atoms with Crippen molar-refractivity contribution in [1.29, 1.82) is 0 Å². The van der Waals surface area contributed by atoms with Crippen LogP contribution in [0.4, 0.5) is 0 Å². The van der Waals surface area contributed by atoms with Crippen LogP contribution in [0.3, 0.4) is 0 Å². The highest BCUT2D eigenvalue weighted by Crippen LogP contribution is 2.21. The van der Waals surface area contributed by atoms with Crippen molar-refractivity contribution in [2.75, 3.05) is 7.11 Å². The van der Waals surface area contributed by atoms with Gasteiger partial charge in [0, 0.05) is 5.56 Å². The lowest BCUT2D eigenvalue weighted by molar-refractivity contribution is -0.137. The molecule has 1 N–H and O–H groups in total. The number of aliphatic hydroxyl groups excluding tert-OH is 1. The van der Waals surface area contributed by atoms with Gasteiger partial charge in [-0.1, -0.05) is 30.8 Å². The molecule has 17 heavy (non-hydrogen) atoms. The van der Waals surface area contributed by atoms with Crippen LogP contribution >= 0.6 is 0 Å². The molecule has 0 aliphatic heterocycles. The molecule has 0 spiro atoms. The van der Waals surface area contributed by atoms with Gasteiger partial charge in [-0.3, -0.25) is 4.79 Å². The maximum Gasteiger partial charge on any atom is 0.336 e. The van der Waals surface area contributed by atoms with Gasteiger partial charge in [-0.25, -0.2) is 4.79 Å². The first-order valence-electron chi connectivity index (χ1n) is 5.03. The van der Waals surface area contributed by atoms with Crippen LogP contribution in [0.25, 0.3) is 0 Å². The first-order valence-corrected chi connectivity index (χ1v) is 5.03. The van der Waals surface area contributed by atoms with Gasteiger partial charge in [0.1, 0.15) is 6.10 Å². The van der Waals surface area contributed by atoms with Gasteiger partial charge in [0.15, 0.2) is 5.78 Å². The van der Waals surface area contributed by atoms with Crippen LogP contribution in [0.2, 0.25) is 0 Å². The molecule has 0 radical (unpaired) electrons. The number of carbonyl (C=O) groups excluding carboxylic acids is 2. The lowest BCUT2D eigenvalue weighted by Gasteiger charge is -2.12. The third-order valence-electron chi connectivity index (χ3n) is 2.41. The van der Waals surface area contributed by atoms with Crippen molar-refractivity contribution in [3.8, 4) is 0 Å². The molecule has 0 saturated carbocycles. The zero-order chi connectivity index (χ0) is 13.0. The minimum Gasteiger partial charge on any atom is -0.466 e. The van der Waals surface area contributed by atoms with E-state index in [1.807, 2.05) is 0 Å². The van der Waals surface area contributed by atoms with Crippen LogP contribution in [-0.4, -0.2) is 24.0 Å². The Morgan fingerprint density at radius 1 is 1.29 bits per heavy atom. The molecule has 0 saturated heterocycles. The minimum absolute atomic E-state index is 0.0388. The standard InChI is InChI=1S/C13H14O4/c1-8(13(16)17-3)12(15)11-6-4-10(5-7-11)9(2)14/h4-7,12,15H,1H2,2-3H3. The summed E-state index contributed by atoms with van der Waals surface area (Å²) in [5, 5.41) is 9.83. The third-order valence-corrected chi connectivity index (χ3v) is 2.41. The van der Waals surface area contributed by atoms with Crippen LogP contribution in [0.15, 0.2) is 36.4 Å². The number of methoxy groups -OCH3 is 1. The second kappa shape index (κ2) is 5.41. The number of carbonyl (C=O) groups is 2. The zero-order valence-electron chi connectivity index (χ0n) is 9.77. The number of aliphatic hydroxyl groups is 1. The summed E-state index contributed by atoms with van der Waals surface area (Å²) in [4.78, 5) is 22.2. The van der Waals surface area contributed by atoms with E-state index in [1.54, 1.807) is 24.3 Å². The quantitative estimate of drug-likeness (QED) is 0.489. The van der Waals surface area contributed by atoms with Crippen molar-refractivity contribution in [1.82, 2.24) is 0 Å². The molecular weight excluding hydrogens is 220 g/mol. The molecule has 0 bridgehead atoms. The number of Topliss-reactive ketones (excluding diaryl/α,β-unsaturated/α-hetero) is 1. The Labute approximate surface area is 99.5 Å². The lowest BCUT2D eigenvalue weighted by Crippen LogP contribution is -2.12. The smallest absolute Gasteiger partial charge is 0.336 e. The Balaban J connectivity index is 2.90. The molecule has 0 aromatic heterocycles. The van der Waals surface area contributed by atoms with Gasteiger partial charge in [-0.15, -0.1) is 0 Å². The van der Waals surface area contributed by atoms with Gasteiger partial charge in [-0.05, 0) is 12.5 Å². The minimum atomic E-state index is -1.12. The highest BCUT2D eigenvalue weighted by molar-refractivity contribution is 5.94. The Bertz CT molecular complexity index is 445. The van der Waals surface area contributed by atoms with Crippen molar-refractivity contribution in [3.05, 3.63) is 47.5 Å². The summed E-state index contributed by atoms with van der Waals surface area (Å²) < 4.78 is 4.46. The van der Waals surface area contributed by atoms with Crippen LogP contribution in [0.1, 0.15) is 28.9 Å². The van der Waals surface area contributed by atoms with Gasteiger partial charge in [0.05, 0.1) is 12.7 Å². The molecule has 1 atom stereocenters. The maximum absolute atomic E-state index is 11.2. The zero-order valence-corrected chi connectivity index (χ0v) is 9.77. The van der Waals surface area contributed by atoms with E-state index in [-0.39, 0.29) is 11.4 Å². The topological polar surface area (TPSA) is 63.6 Å². The Hall–Kier alpha value is -1.94. The molecule has 1 unspecified atom stereocenters. The molecular formula is C13H14O4. The number of benzene rings is 1. The van der Waals surface area contributed by atoms with E-state index in [4.69, 9.17) is 0 Å². The number of ketones is 1. The van der Waals surface area contributed by atoms with E-state index in [9.17, 15) is 14.7 Å². The number of hydrogen-bond acceptors (Lipinski definition) is 4. The number of ether oxygens (including phenoxy) is 1. The van der Waals surface area contributed by atoms with Gasteiger partial charge in [0.25, 0.3) is 0 Å². The van der Waals surface area contributed by atoms with Crippen molar-refractivity contribution in [2.24, 2.45) is 0 Å². The van der Waals surface area contributed by atoms with Gasteiger partial charge in [0.2, 0.25) is 0 Å². The van der Waals surface area contributed by atoms with E-state index in [2.05, 4.69) is 11.3 Å². The number of rotatable bonds is 4.